The second-order valence-electron chi connectivity index (χ2n) is 5.27. The van der Waals surface area contributed by atoms with Crippen LogP contribution in [0.3, 0.4) is 0 Å². The Labute approximate surface area is 91.2 Å². The number of nitrogens with zero attached hydrogens (tertiary/aromatic N) is 1. The summed E-state index contributed by atoms with van der Waals surface area (Å²) < 4.78 is 0. The van der Waals surface area contributed by atoms with Crippen LogP contribution in [-0.4, -0.2) is 43.0 Å². The van der Waals surface area contributed by atoms with Crippen molar-refractivity contribution in [3.8, 4) is 0 Å². The van der Waals surface area contributed by atoms with Gasteiger partial charge in [0.1, 0.15) is 5.54 Å². The van der Waals surface area contributed by atoms with E-state index < -0.39 is 5.54 Å². The molecule has 0 aromatic heterocycles. The summed E-state index contributed by atoms with van der Waals surface area (Å²) in [6.45, 7) is 0.726. The van der Waals surface area contributed by atoms with Gasteiger partial charge in [-0.25, -0.2) is 0 Å². The van der Waals surface area contributed by atoms with Gasteiger partial charge >= 0.3 is 0 Å². The number of rotatable bonds is 6. The number of likely N-dealkylation sites (N-methyl/N-ethyl adjacent to an activating group) is 1. The minimum atomic E-state index is -0.468. The van der Waals surface area contributed by atoms with Gasteiger partial charge in [-0.3, -0.25) is 10.1 Å². The fourth-order valence-electron chi connectivity index (χ4n) is 2.31. The van der Waals surface area contributed by atoms with Crippen LogP contribution in [0.15, 0.2) is 0 Å². The number of primary amides is 1. The molecule has 2 fully saturated rings. The fourth-order valence-corrected chi connectivity index (χ4v) is 2.31. The molecule has 0 radical (unpaired) electrons. The van der Waals surface area contributed by atoms with Crippen molar-refractivity contribution in [2.75, 3.05) is 20.6 Å². The zero-order chi connectivity index (χ0) is 11.1. The van der Waals surface area contributed by atoms with Crippen molar-refractivity contribution in [3.63, 3.8) is 0 Å². The van der Waals surface area contributed by atoms with Crippen molar-refractivity contribution in [2.24, 2.45) is 11.7 Å². The largest absolute Gasteiger partial charge is 0.368 e. The molecule has 2 aliphatic carbocycles. The summed E-state index contributed by atoms with van der Waals surface area (Å²) in [5, 5.41) is 3.48. The third kappa shape index (κ3) is 2.32. The Balaban J connectivity index is 2.11. The summed E-state index contributed by atoms with van der Waals surface area (Å²) in [4.78, 5) is 13.8. The van der Waals surface area contributed by atoms with Gasteiger partial charge in [0, 0.05) is 12.6 Å². The lowest BCUT2D eigenvalue weighted by molar-refractivity contribution is -0.126. The average molecular weight is 211 g/mol. The lowest BCUT2D eigenvalue weighted by Crippen LogP contribution is -2.63. The predicted octanol–water partition coefficient (Wildman–Crippen LogP) is -0.0659. The number of carbonyl (C=O) groups is 1. The lowest BCUT2D eigenvalue weighted by atomic mass is 9.91. The van der Waals surface area contributed by atoms with Crippen molar-refractivity contribution in [2.45, 2.75) is 37.3 Å². The van der Waals surface area contributed by atoms with Crippen LogP contribution < -0.4 is 11.1 Å². The fraction of sp³-hybridized carbons (Fsp3) is 0.909. The third-order valence-corrected chi connectivity index (χ3v) is 3.32. The van der Waals surface area contributed by atoms with Gasteiger partial charge in [-0.15, -0.1) is 0 Å². The maximum Gasteiger partial charge on any atom is 0.239 e. The molecule has 2 rings (SSSR count). The van der Waals surface area contributed by atoms with Crippen LogP contribution in [0.1, 0.15) is 25.7 Å². The van der Waals surface area contributed by atoms with E-state index in [1.165, 1.54) is 12.8 Å². The normalized spacial score (nSPS) is 25.3. The van der Waals surface area contributed by atoms with E-state index in [2.05, 4.69) is 10.2 Å². The second kappa shape index (κ2) is 3.76. The molecule has 0 heterocycles. The van der Waals surface area contributed by atoms with Crippen LogP contribution in [0.2, 0.25) is 0 Å². The quantitative estimate of drug-likeness (QED) is 0.647. The molecule has 2 aliphatic rings. The second-order valence-corrected chi connectivity index (χ2v) is 5.27. The molecule has 15 heavy (non-hydrogen) atoms. The Bertz CT molecular complexity index is 253. The summed E-state index contributed by atoms with van der Waals surface area (Å²) in [6.07, 6.45) is 4.65. The van der Waals surface area contributed by atoms with Crippen LogP contribution in [0, 0.1) is 5.92 Å². The van der Waals surface area contributed by atoms with Crippen molar-refractivity contribution >= 4 is 5.91 Å². The molecule has 0 saturated heterocycles. The summed E-state index contributed by atoms with van der Waals surface area (Å²) in [6, 6.07) is 0.526. The topological polar surface area (TPSA) is 58.4 Å². The highest BCUT2D eigenvalue weighted by atomic mass is 16.1. The van der Waals surface area contributed by atoms with Crippen molar-refractivity contribution in [3.05, 3.63) is 0 Å². The van der Waals surface area contributed by atoms with Gasteiger partial charge < -0.3 is 10.6 Å². The third-order valence-electron chi connectivity index (χ3n) is 3.32. The number of hydrogen-bond acceptors (Lipinski definition) is 3. The Hall–Kier alpha value is -0.610. The molecule has 1 unspecified atom stereocenters. The average Bonchev–Trinajstić information content (AvgIpc) is 2.97. The molecule has 0 aliphatic heterocycles. The highest BCUT2D eigenvalue weighted by Gasteiger charge is 2.51. The SMILES string of the molecule is CN(C)CC(NC1CC1)(C(N)=O)C1CC1. The van der Waals surface area contributed by atoms with Gasteiger partial charge in [-0.05, 0) is 45.7 Å². The van der Waals surface area contributed by atoms with Crippen molar-refractivity contribution in [1.82, 2.24) is 10.2 Å². The van der Waals surface area contributed by atoms with E-state index in [9.17, 15) is 4.79 Å². The van der Waals surface area contributed by atoms with Gasteiger partial charge in [0.15, 0.2) is 0 Å². The molecule has 0 aromatic carbocycles. The molecule has 0 bridgehead atoms. The Kier molecular flexibility index (Phi) is 2.73. The zero-order valence-electron chi connectivity index (χ0n) is 9.62. The maximum atomic E-state index is 11.7. The number of amides is 1. The van der Waals surface area contributed by atoms with E-state index in [0.29, 0.717) is 12.0 Å². The van der Waals surface area contributed by atoms with E-state index in [0.717, 1.165) is 19.4 Å². The monoisotopic (exact) mass is 211 g/mol. The molecule has 2 saturated carbocycles. The Morgan fingerprint density at radius 1 is 1.40 bits per heavy atom. The molecule has 4 nitrogen and oxygen atoms in total. The minimum Gasteiger partial charge on any atom is -0.368 e. The van der Waals surface area contributed by atoms with Crippen LogP contribution in [0.4, 0.5) is 0 Å². The predicted molar refractivity (Wildman–Crippen MR) is 59.4 cm³/mol. The maximum absolute atomic E-state index is 11.7. The first kappa shape index (κ1) is 10.9. The van der Waals surface area contributed by atoms with E-state index in [-0.39, 0.29) is 5.91 Å². The molecule has 86 valence electrons. The summed E-state index contributed by atoms with van der Waals surface area (Å²) in [7, 11) is 3.99. The molecular weight excluding hydrogens is 190 g/mol. The smallest absolute Gasteiger partial charge is 0.239 e. The van der Waals surface area contributed by atoms with E-state index >= 15 is 0 Å². The number of hydrogen-bond donors (Lipinski definition) is 2. The number of carbonyl (C=O) groups excluding carboxylic acids is 1. The number of nitrogens with one attached hydrogen (secondary N) is 1. The van der Waals surface area contributed by atoms with E-state index in [1.54, 1.807) is 0 Å². The van der Waals surface area contributed by atoms with Gasteiger partial charge in [-0.1, -0.05) is 0 Å². The molecule has 0 spiro atoms. The van der Waals surface area contributed by atoms with Crippen LogP contribution >= 0.6 is 0 Å². The minimum absolute atomic E-state index is 0.175. The van der Waals surface area contributed by atoms with Crippen LogP contribution in [0.5, 0.6) is 0 Å². The molecule has 0 aromatic rings. The molecular formula is C11H21N3O. The van der Waals surface area contributed by atoms with E-state index in [1.807, 2.05) is 14.1 Å². The molecule has 3 N–H and O–H groups in total. The first-order valence-electron chi connectivity index (χ1n) is 5.77. The van der Waals surface area contributed by atoms with Crippen molar-refractivity contribution < 1.29 is 4.79 Å². The van der Waals surface area contributed by atoms with Gasteiger partial charge in [0.05, 0.1) is 0 Å². The molecule has 1 atom stereocenters. The highest BCUT2D eigenvalue weighted by Crippen LogP contribution is 2.41. The summed E-state index contributed by atoms with van der Waals surface area (Å²) in [5.74, 6) is 0.281. The van der Waals surface area contributed by atoms with E-state index in [4.69, 9.17) is 5.73 Å². The first-order valence-corrected chi connectivity index (χ1v) is 5.77. The summed E-state index contributed by atoms with van der Waals surface area (Å²) >= 11 is 0. The zero-order valence-corrected chi connectivity index (χ0v) is 9.62. The summed E-state index contributed by atoms with van der Waals surface area (Å²) in [5.41, 5.74) is 5.14. The van der Waals surface area contributed by atoms with Gasteiger partial charge in [0.2, 0.25) is 5.91 Å². The first-order chi connectivity index (χ1) is 7.04. The van der Waals surface area contributed by atoms with Gasteiger partial charge in [-0.2, -0.15) is 0 Å². The Morgan fingerprint density at radius 2 is 2.00 bits per heavy atom. The van der Waals surface area contributed by atoms with Crippen LogP contribution in [-0.2, 0) is 4.79 Å². The molecule has 4 heteroatoms. The standard InChI is InChI=1S/C11H21N3O/c1-14(2)7-11(10(12)15,8-3-4-8)13-9-5-6-9/h8-9,13H,3-7H2,1-2H3,(H2,12,15). The molecule has 1 amide bonds. The van der Waals surface area contributed by atoms with Crippen molar-refractivity contribution in [1.29, 1.82) is 0 Å². The Morgan fingerprint density at radius 3 is 2.33 bits per heavy atom. The van der Waals surface area contributed by atoms with Gasteiger partial charge in [0.25, 0.3) is 0 Å². The van der Waals surface area contributed by atoms with Crippen LogP contribution in [0.25, 0.3) is 0 Å². The highest BCUT2D eigenvalue weighted by molar-refractivity contribution is 5.86. The number of nitrogens with two attached hydrogens (primary N) is 1. The lowest BCUT2D eigenvalue weighted by Gasteiger charge is -2.34.